The molecule has 1 aromatic rings. The highest BCUT2D eigenvalue weighted by Crippen LogP contribution is 2.40. The van der Waals surface area contributed by atoms with Gasteiger partial charge in [0.25, 0.3) is 5.91 Å². The highest BCUT2D eigenvalue weighted by atomic mass is 16.7. The summed E-state index contributed by atoms with van der Waals surface area (Å²) in [5.41, 5.74) is 0.0519. The average molecular weight is 401 g/mol. The largest absolute Gasteiger partial charge is 0.460 e. The number of hydrogen-bond acceptors (Lipinski definition) is 6. The molecule has 0 radical (unpaired) electrons. The van der Waals surface area contributed by atoms with E-state index in [4.69, 9.17) is 14.2 Å². The standard InChI is InChI=1S/C22H27NO6/c1-5-11-27-21(26)18-15(14-7-8-16-17(12-14)29-13-28-16)9-10-23(18)20(25)19(24)22(3,4)6-2/h5,7-8,12,15,18H,1,6,9-11,13H2,2-4H3/t15?,18-/m0/s1. The summed E-state index contributed by atoms with van der Waals surface area (Å²) in [6.07, 6.45) is 2.54. The molecule has 2 aliphatic rings. The first-order chi connectivity index (χ1) is 13.8. The summed E-state index contributed by atoms with van der Waals surface area (Å²) in [5, 5.41) is 0. The van der Waals surface area contributed by atoms with E-state index in [0.717, 1.165) is 5.56 Å². The lowest BCUT2D eigenvalue weighted by Crippen LogP contribution is -2.49. The Morgan fingerprint density at radius 3 is 2.69 bits per heavy atom. The maximum Gasteiger partial charge on any atom is 0.329 e. The van der Waals surface area contributed by atoms with Crippen LogP contribution in [0.2, 0.25) is 0 Å². The van der Waals surface area contributed by atoms with Crippen LogP contribution in [-0.2, 0) is 19.1 Å². The summed E-state index contributed by atoms with van der Waals surface area (Å²) in [6.45, 7) is 9.40. The van der Waals surface area contributed by atoms with Gasteiger partial charge >= 0.3 is 5.97 Å². The third-order valence-corrected chi connectivity index (χ3v) is 5.76. The number of esters is 1. The number of benzene rings is 1. The molecule has 2 atom stereocenters. The Balaban J connectivity index is 1.91. The van der Waals surface area contributed by atoms with Gasteiger partial charge in [-0.3, -0.25) is 9.59 Å². The van der Waals surface area contributed by atoms with Crippen molar-refractivity contribution in [3.63, 3.8) is 0 Å². The van der Waals surface area contributed by atoms with Gasteiger partial charge in [0, 0.05) is 17.9 Å². The van der Waals surface area contributed by atoms with Crippen LogP contribution in [0.4, 0.5) is 0 Å². The van der Waals surface area contributed by atoms with Crippen molar-refractivity contribution in [2.75, 3.05) is 19.9 Å². The molecule has 0 aromatic heterocycles. The third-order valence-electron chi connectivity index (χ3n) is 5.76. The molecule has 29 heavy (non-hydrogen) atoms. The summed E-state index contributed by atoms with van der Waals surface area (Å²) in [5.74, 6) is -0.726. The molecule has 0 aliphatic carbocycles. The highest BCUT2D eigenvalue weighted by Gasteiger charge is 2.47. The van der Waals surface area contributed by atoms with Crippen LogP contribution in [0, 0.1) is 5.41 Å². The number of ether oxygens (including phenoxy) is 3. The normalized spacial score (nSPS) is 20.4. The fraction of sp³-hybridized carbons (Fsp3) is 0.500. The van der Waals surface area contributed by atoms with Crippen LogP contribution < -0.4 is 9.47 Å². The molecule has 1 aromatic carbocycles. The van der Waals surface area contributed by atoms with E-state index in [1.165, 1.54) is 11.0 Å². The van der Waals surface area contributed by atoms with Crippen molar-refractivity contribution < 1.29 is 28.6 Å². The predicted octanol–water partition coefficient (Wildman–Crippen LogP) is 2.83. The van der Waals surface area contributed by atoms with Gasteiger partial charge in [-0.2, -0.15) is 0 Å². The van der Waals surface area contributed by atoms with Gasteiger partial charge in [-0.1, -0.05) is 39.5 Å². The minimum absolute atomic E-state index is 0.0413. The number of fused-ring (bicyclic) bond motifs is 1. The maximum atomic E-state index is 13.0. The second kappa shape index (κ2) is 8.27. The molecule has 1 unspecified atom stereocenters. The summed E-state index contributed by atoms with van der Waals surface area (Å²) in [6, 6.07) is 4.60. The van der Waals surface area contributed by atoms with Crippen LogP contribution in [0.5, 0.6) is 11.5 Å². The van der Waals surface area contributed by atoms with Gasteiger partial charge in [0.2, 0.25) is 12.6 Å². The molecule has 3 rings (SSSR count). The smallest absolute Gasteiger partial charge is 0.329 e. The van der Waals surface area contributed by atoms with Crippen LogP contribution in [0.3, 0.4) is 0 Å². The monoisotopic (exact) mass is 401 g/mol. The quantitative estimate of drug-likeness (QED) is 0.397. The number of ketones is 1. The van der Waals surface area contributed by atoms with Crippen molar-refractivity contribution in [3.05, 3.63) is 36.4 Å². The molecule has 1 fully saturated rings. The number of amides is 1. The summed E-state index contributed by atoms with van der Waals surface area (Å²) in [7, 11) is 0. The van der Waals surface area contributed by atoms with Gasteiger partial charge in [0.05, 0.1) is 0 Å². The minimum atomic E-state index is -0.876. The maximum absolute atomic E-state index is 13.0. The van der Waals surface area contributed by atoms with Crippen molar-refractivity contribution in [2.45, 2.75) is 45.6 Å². The van der Waals surface area contributed by atoms with E-state index in [-0.39, 0.29) is 19.3 Å². The van der Waals surface area contributed by atoms with Crippen LogP contribution in [0.1, 0.15) is 45.1 Å². The topological polar surface area (TPSA) is 82.1 Å². The van der Waals surface area contributed by atoms with Crippen molar-refractivity contribution in [2.24, 2.45) is 5.41 Å². The molecule has 0 N–H and O–H groups in total. The lowest BCUT2D eigenvalue weighted by Gasteiger charge is -2.29. The molecule has 7 nitrogen and oxygen atoms in total. The Morgan fingerprint density at radius 2 is 2.00 bits per heavy atom. The van der Waals surface area contributed by atoms with Crippen molar-refractivity contribution in [3.8, 4) is 11.5 Å². The minimum Gasteiger partial charge on any atom is -0.460 e. The van der Waals surface area contributed by atoms with Crippen LogP contribution in [0.25, 0.3) is 0 Å². The van der Waals surface area contributed by atoms with Gasteiger partial charge in [0.15, 0.2) is 11.5 Å². The van der Waals surface area contributed by atoms with Gasteiger partial charge in [-0.15, -0.1) is 0 Å². The van der Waals surface area contributed by atoms with E-state index in [1.807, 2.05) is 19.1 Å². The number of hydrogen-bond donors (Lipinski definition) is 0. The Bertz CT molecular complexity index is 831. The first kappa shape index (κ1) is 20.9. The number of likely N-dealkylation sites (tertiary alicyclic amines) is 1. The zero-order valence-corrected chi connectivity index (χ0v) is 17.1. The second-order valence-corrected chi connectivity index (χ2v) is 7.94. The fourth-order valence-electron chi connectivity index (χ4n) is 3.61. The molecular weight excluding hydrogens is 374 g/mol. The predicted molar refractivity (Wildman–Crippen MR) is 106 cm³/mol. The molecule has 2 heterocycles. The van der Waals surface area contributed by atoms with E-state index in [1.54, 1.807) is 19.9 Å². The molecule has 1 saturated heterocycles. The number of carbonyl (C=O) groups is 3. The van der Waals surface area contributed by atoms with E-state index in [2.05, 4.69) is 6.58 Å². The van der Waals surface area contributed by atoms with Crippen molar-refractivity contribution >= 4 is 17.7 Å². The van der Waals surface area contributed by atoms with Crippen molar-refractivity contribution in [1.29, 1.82) is 0 Å². The molecule has 1 amide bonds. The molecule has 0 spiro atoms. The summed E-state index contributed by atoms with van der Waals surface area (Å²) in [4.78, 5) is 40.0. The van der Waals surface area contributed by atoms with Gasteiger partial charge in [0.1, 0.15) is 12.6 Å². The van der Waals surface area contributed by atoms with Crippen LogP contribution in [-0.4, -0.2) is 48.5 Å². The van der Waals surface area contributed by atoms with E-state index >= 15 is 0 Å². The molecule has 2 aliphatic heterocycles. The zero-order chi connectivity index (χ0) is 21.2. The first-order valence-electron chi connectivity index (χ1n) is 9.82. The highest BCUT2D eigenvalue weighted by molar-refractivity contribution is 6.38. The Kier molecular flexibility index (Phi) is 5.96. The molecule has 0 bridgehead atoms. The number of Topliss-reactive ketones (excluding diaryl/α,β-unsaturated/α-hetero) is 1. The van der Waals surface area contributed by atoms with Crippen LogP contribution >= 0.6 is 0 Å². The summed E-state index contributed by atoms with van der Waals surface area (Å²) >= 11 is 0. The Labute approximate surface area is 170 Å². The fourth-order valence-corrected chi connectivity index (χ4v) is 3.61. The number of nitrogens with zero attached hydrogens (tertiary/aromatic N) is 1. The molecule has 156 valence electrons. The lowest BCUT2D eigenvalue weighted by molar-refractivity contribution is -0.157. The second-order valence-electron chi connectivity index (χ2n) is 7.94. The van der Waals surface area contributed by atoms with Gasteiger partial charge in [-0.05, 0) is 30.5 Å². The Hall–Kier alpha value is -2.83. The number of carbonyl (C=O) groups excluding carboxylic acids is 3. The van der Waals surface area contributed by atoms with Gasteiger partial charge in [-0.25, -0.2) is 4.79 Å². The summed E-state index contributed by atoms with van der Waals surface area (Å²) < 4.78 is 16.1. The van der Waals surface area contributed by atoms with E-state index in [9.17, 15) is 14.4 Å². The molecule has 0 saturated carbocycles. The van der Waals surface area contributed by atoms with Gasteiger partial charge < -0.3 is 19.1 Å². The number of rotatable bonds is 7. The third kappa shape index (κ3) is 3.99. The lowest BCUT2D eigenvalue weighted by atomic mass is 9.84. The average Bonchev–Trinajstić information content (AvgIpc) is 3.37. The first-order valence-corrected chi connectivity index (χ1v) is 9.82. The molecular formula is C22H27NO6. The van der Waals surface area contributed by atoms with Crippen molar-refractivity contribution in [1.82, 2.24) is 4.90 Å². The Morgan fingerprint density at radius 1 is 1.28 bits per heavy atom. The zero-order valence-electron chi connectivity index (χ0n) is 17.1. The molecule has 7 heteroatoms. The van der Waals surface area contributed by atoms with E-state index < -0.39 is 29.1 Å². The van der Waals surface area contributed by atoms with E-state index in [0.29, 0.717) is 30.9 Å². The SMILES string of the molecule is C=CCOC(=O)[C@@H]1C(c2ccc3c(c2)OCO3)CCN1C(=O)C(=O)C(C)(C)CC. The van der Waals surface area contributed by atoms with Crippen LogP contribution in [0.15, 0.2) is 30.9 Å².